The number of aryl methyl sites for hydroxylation is 1. The van der Waals surface area contributed by atoms with Crippen molar-refractivity contribution in [3.8, 4) is 0 Å². The number of nitrogens with zero attached hydrogens (tertiary/aromatic N) is 1. The molecule has 0 bridgehead atoms. The Morgan fingerprint density at radius 3 is 3.05 bits per heavy atom. The summed E-state index contributed by atoms with van der Waals surface area (Å²) in [6.45, 7) is 3.34. The fraction of sp³-hybridized carbons (Fsp3) is 0.571. The van der Waals surface area contributed by atoms with Crippen molar-refractivity contribution in [2.24, 2.45) is 0 Å². The summed E-state index contributed by atoms with van der Waals surface area (Å²) in [5.74, 6) is 0.274. The van der Waals surface area contributed by atoms with E-state index in [2.05, 4.69) is 10.3 Å². The van der Waals surface area contributed by atoms with Gasteiger partial charge < -0.3 is 15.8 Å². The van der Waals surface area contributed by atoms with Crippen LogP contribution in [0.2, 0.25) is 0 Å². The summed E-state index contributed by atoms with van der Waals surface area (Å²) in [6, 6.07) is 3.39. The third kappa shape index (κ3) is 3.92. The number of ether oxygens (including phenoxy) is 1. The number of carbonyl (C=O) groups is 1. The molecule has 0 saturated carbocycles. The number of carbonyl (C=O) groups excluding carboxylic acids is 1. The first-order valence-electron chi connectivity index (χ1n) is 6.85. The number of hydrogen-bond acceptors (Lipinski definition) is 4. The van der Waals surface area contributed by atoms with Crippen molar-refractivity contribution >= 4 is 11.7 Å². The van der Waals surface area contributed by atoms with Crippen LogP contribution in [0.3, 0.4) is 0 Å². The van der Waals surface area contributed by atoms with Crippen molar-refractivity contribution in [3.05, 3.63) is 23.4 Å². The second-order valence-corrected chi connectivity index (χ2v) is 4.82. The molecule has 1 amide bonds. The van der Waals surface area contributed by atoms with Crippen LogP contribution >= 0.6 is 0 Å². The highest BCUT2D eigenvalue weighted by molar-refractivity contribution is 5.94. The summed E-state index contributed by atoms with van der Waals surface area (Å²) in [4.78, 5) is 16.2. The van der Waals surface area contributed by atoms with Crippen LogP contribution in [0.1, 0.15) is 42.2 Å². The number of amides is 1. The lowest BCUT2D eigenvalue weighted by Crippen LogP contribution is -2.35. The standard InChI is InChI=1S/C14H21N3O2/c1-2-11-7-10(8-13(15)17-11)14(18)16-9-12-5-3-4-6-19-12/h7-8,12H,2-6,9H2,1H3,(H2,15,17)(H,16,18). The van der Waals surface area contributed by atoms with Crippen LogP contribution < -0.4 is 11.1 Å². The molecule has 1 unspecified atom stereocenters. The van der Waals surface area contributed by atoms with Gasteiger partial charge in [0.05, 0.1) is 6.10 Å². The zero-order chi connectivity index (χ0) is 13.7. The van der Waals surface area contributed by atoms with Crippen LogP contribution in [-0.4, -0.2) is 30.1 Å². The van der Waals surface area contributed by atoms with Crippen LogP contribution in [0.15, 0.2) is 12.1 Å². The maximum Gasteiger partial charge on any atom is 0.251 e. The normalized spacial score (nSPS) is 19.1. The van der Waals surface area contributed by atoms with Crippen molar-refractivity contribution < 1.29 is 9.53 Å². The van der Waals surface area contributed by atoms with Gasteiger partial charge in [-0.2, -0.15) is 0 Å². The van der Waals surface area contributed by atoms with E-state index in [9.17, 15) is 4.79 Å². The second-order valence-electron chi connectivity index (χ2n) is 4.82. The summed E-state index contributed by atoms with van der Waals surface area (Å²) >= 11 is 0. The predicted octanol–water partition coefficient (Wildman–Crippen LogP) is 1.53. The fourth-order valence-corrected chi connectivity index (χ4v) is 2.20. The zero-order valence-electron chi connectivity index (χ0n) is 11.3. The highest BCUT2D eigenvalue weighted by Crippen LogP contribution is 2.12. The Bertz CT molecular complexity index is 442. The Hall–Kier alpha value is -1.62. The molecule has 1 saturated heterocycles. The molecule has 2 heterocycles. The average molecular weight is 263 g/mol. The van der Waals surface area contributed by atoms with Gasteiger partial charge in [-0.3, -0.25) is 4.79 Å². The molecule has 104 valence electrons. The Kier molecular flexibility index (Phi) is 4.74. The van der Waals surface area contributed by atoms with Gasteiger partial charge in [0, 0.05) is 24.4 Å². The largest absolute Gasteiger partial charge is 0.384 e. The van der Waals surface area contributed by atoms with Gasteiger partial charge in [-0.05, 0) is 37.8 Å². The van der Waals surface area contributed by atoms with Gasteiger partial charge in [-0.1, -0.05) is 6.92 Å². The smallest absolute Gasteiger partial charge is 0.251 e. The van der Waals surface area contributed by atoms with Gasteiger partial charge in [0.1, 0.15) is 5.82 Å². The molecule has 1 aromatic rings. The number of anilines is 1. The third-order valence-electron chi connectivity index (χ3n) is 3.29. The molecule has 1 atom stereocenters. The Labute approximate surface area is 113 Å². The summed E-state index contributed by atoms with van der Waals surface area (Å²) in [7, 11) is 0. The number of nitrogens with two attached hydrogens (primary N) is 1. The maximum absolute atomic E-state index is 12.1. The lowest BCUT2D eigenvalue weighted by molar-refractivity contribution is 0.0169. The summed E-state index contributed by atoms with van der Waals surface area (Å²) < 4.78 is 5.58. The third-order valence-corrected chi connectivity index (χ3v) is 3.29. The zero-order valence-corrected chi connectivity index (χ0v) is 11.3. The molecule has 1 aliphatic rings. The number of nitrogen functional groups attached to an aromatic ring is 1. The highest BCUT2D eigenvalue weighted by atomic mass is 16.5. The highest BCUT2D eigenvalue weighted by Gasteiger charge is 2.15. The van der Waals surface area contributed by atoms with E-state index in [4.69, 9.17) is 10.5 Å². The SMILES string of the molecule is CCc1cc(C(=O)NCC2CCCCO2)cc(N)n1. The summed E-state index contributed by atoms with van der Waals surface area (Å²) in [6.07, 6.45) is 4.20. The van der Waals surface area contributed by atoms with Gasteiger partial charge in [0.2, 0.25) is 0 Å². The quantitative estimate of drug-likeness (QED) is 0.863. The van der Waals surface area contributed by atoms with Crippen molar-refractivity contribution in [2.45, 2.75) is 38.7 Å². The van der Waals surface area contributed by atoms with Crippen LogP contribution in [0.4, 0.5) is 5.82 Å². The van der Waals surface area contributed by atoms with Crippen molar-refractivity contribution in [1.82, 2.24) is 10.3 Å². The van der Waals surface area contributed by atoms with E-state index in [-0.39, 0.29) is 12.0 Å². The van der Waals surface area contributed by atoms with Gasteiger partial charge in [-0.25, -0.2) is 4.98 Å². The molecule has 0 aromatic carbocycles. The molecular formula is C14H21N3O2. The average Bonchev–Trinajstić information content (AvgIpc) is 2.45. The number of hydrogen-bond donors (Lipinski definition) is 2. The number of aromatic nitrogens is 1. The summed E-state index contributed by atoms with van der Waals surface area (Å²) in [5.41, 5.74) is 7.10. The molecule has 5 nitrogen and oxygen atoms in total. The minimum atomic E-state index is -0.113. The van der Waals surface area contributed by atoms with E-state index in [0.29, 0.717) is 17.9 Å². The fourth-order valence-electron chi connectivity index (χ4n) is 2.20. The Morgan fingerprint density at radius 2 is 2.37 bits per heavy atom. The topological polar surface area (TPSA) is 77.2 Å². The minimum Gasteiger partial charge on any atom is -0.384 e. The summed E-state index contributed by atoms with van der Waals surface area (Å²) in [5, 5.41) is 2.90. The molecule has 19 heavy (non-hydrogen) atoms. The number of nitrogens with one attached hydrogen (secondary N) is 1. The Balaban J connectivity index is 1.93. The van der Waals surface area contributed by atoms with Crippen LogP contribution in [0, 0.1) is 0 Å². The first-order valence-corrected chi connectivity index (χ1v) is 6.85. The molecular weight excluding hydrogens is 242 g/mol. The number of pyridine rings is 1. The molecule has 0 spiro atoms. The van der Waals surface area contributed by atoms with E-state index in [1.165, 1.54) is 6.42 Å². The molecule has 1 aliphatic heterocycles. The minimum absolute atomic E-state index is 0.113. The molecule has 1 aromatic heterocycles. The van der Waals surface area contributed by atoms with E-state index < -0.39 is 0 Å². The van der Waals surface area contributed by atoms with Gasteiger partial charge in [0.25, 0.3) is 5.91 Å². The molecule has 3 N–H and O–H groups in total. The monoisotopic (exact) mass is 263 g/mol. The molecule has 2 rings (SSSR count). The van der Waals surface area contributed by atoms with Gasteiger partial charge in [-0.15, -0.1) is 0 Å². The Morgan fingerprint density at radius 1 is 1.53 bits per heavy atom. The maximum atomic E-state index is 12.1. The van der Waals surface area contributed by atoms with E-state index in [1.54, 1.807) is 12.1 Å². The van der Waals surface area contributed by atoms with E-state index in [1.807, 2.05) is 6.92 Å². The van der Waals surface area contributed by atoms with Crippen LogP contribution in [0.25, 0.3) is 0 Å². The van der Waals surface area contributed by atoms with E-state index >= 15 is 0 Å². The first kappa shape index (κ1) is 13.8. The molecule has 0 radical (unpaired) electrons. The van der Waals surface area contributed by atoms with Gasteiger partial charge in [0.15, 0.2) is 0 Å². The number of rotatable bonds is 4. The molecule has 5 heteroatoms. The van der Waals surface area contributed by atoms with Crippen molar-refractivity contribution in [3.63, 3.8) is 0 Å². The van der Waals surface area contributed by atoms with Crippen molar-refractivity contribution in [1.29, 1.82) is 0 Å². The van der Waals surface area contributed by atoms with Gasteiger partial charge >= 0.3 is 0 Å². The van der Waals surface area contributed by atoms with Crippen LogP contribution in [-0.2, 0) is 11.2 Å². The first-order chi connectivity index (χ1) is 9.19. The van der Waals surface area contributed by atoms with Crippen LogP contribution in [0.5, 0.6) is 0 Å². The molecule has 0 aliphatic carbocycles. The predicted molar refractivity (Wildman–Crippen MR) is 74.0 cm³/mol. The lowest BCUT2D eigenvalue weighted by Gasteiger charge is -2.22. The molecule has 1 fully saturated rings. The second kappa shape index (κ2) is 6.52. The lowest BCUT2D eigenvalue weighted by atomic mass is 10.1. The van der Waals surface area contributed by atoms with Crippen molar-refractivity contribution in [2.75, 3.05) is 18.9 Å². The van der Waals surface area contributed by atoms with E-state index in [0.717, 1.165) is 31.6 Å².